The SMILES string of the molecule is Cc1cc(C(=O)NC(C)C(C)(C)C)on1. The first kappa shape index (κ1) is 11.8. The van der Waals surface area contributed by atoms with Crippen LogP contribution in [-0.4, -0.2) is 17.1 Å². The van der Waals surface area contributed by atoms with Gasteiger partial charge >= 0.3 is 0 Å². The molecule has 0 aliphatic rings. The van der Waals surface area contributed by atoms with E-state index in [1.54, 1.807) is 13.0 Å². The zero-order chi connectivity index (χ0) is 11.6. The van der Waals surface area contributed by atoms with Gasteiger partial charge in [0.25, 0.3) is 5.91 Å². The second-order valence-electron chi connectivity index (χ2n) is 4.89. The third-order valence-electron chi connectivity index (χ3n) is 2.50. The smallest absolute Gasteiger partial charge is 0.290 e. The molecule has 1 amide bonds. The largest absolute Gasteiger partial charge is 0.351 e. The predicted octanol–water partition coefficient (Wildman–Crippen LogP) is 2.15. The molecule has 1 unspecified atom stereocenters. The van der Waals surface area contributed by atoms with E-state index >= 15 is 0 Å². The fourth-order valence-electron chi connectivity index (χ4n) is 0.955. The van der Waals surface area contributed by atoms with Gasteiger partial charge in [-0.15, -0.1) is 0 Å². The van der Waals surface area contributed by atoms with Crippen LogP contribution in [-0.2, 0) is 0 Å². The number of carbonyl (C=O) groups excluding carboxylic acids is 1. The molecule has 0 saturated carbocycles. The number of nitrogens with one attached hydrogen (secondary N) is 1. The van der Waals surface area contributed by atoms with E-state index in [-0.39, 0.29) is 23.1 Å². The molecule has 1 aromatic rings. The summed E-state index contributed by atoms with van der Waals surface area (Å²) in [7, 11) is 0. The van der Waals surface area contributed by atoms with Crippen molar-refractivity contribution < 1.29 is 9.32 Å². The lowest BCUT2D eigenvalue weighted by molar-refractivity contribution is 0.0872. The maximum absolute atomic E-state index is 11.7. The van der Waals surface area contributed by atoms with Crippen LogP contribution in [0.25, 0.3) is 0 Å². The summed E-state index contributed by atoms with van der Waals surface area (Å²) >= 11 is 0. The van der Waals surface area contributed by atoms with Gasteiger partial charge < -0.3 is 9.84 Å². The molecular weight excluding hydrogens is 192 g/mol. The number of hydrogen-bond donors (Lipinski definition) is 1. The van der Waals surface area contributed by atoms with Gasteiger partial charge in [-0.2, -0.15) is 0 Å². The Labute approximate surface area is 90.0 Å². The Morgan fingerprint density at radius 1 is 1.53 bits per heavy atom. The normalized spacial score (nSPS) is 13.7. The lowest BCUT2D eigenvalue weighted by Gasteiger charge is -2.27. The van der Waals surface area contributed by atoms with Gasteiger partial charge in [-0.05, 0) is 19.3 Å². The Balaban J connectivity index is 2.64. The van der Waals surface area contributed by atoms with Gasteiger partial charge in [0.2, 0.25) is 5.76 Å². The first-order chi connectivity index (χ1) is 6.80. The van der Waals surface area contributed by atoms with E-state index in [4.69, 9.17) is 4.52 Å². The molecule has 1 aromatic heterocycles. The minimum absolute atomic E-state index is 0.0325. The van der Waals surface area contributed by atoms with Gasteiger partial charge in [-0.25, -0.2) is 0 Å². The molecule has 0 radical (unpaired) electrons. The van der Waals surface area contributed by atoms with Crippen molar-refractivity contribution >= 4 is 5.91 Å². The number of amides is 1. The highest BCUT2D eigenvalue weighted by atomic mass is 16.5. The van der Waals surface area contributed by atoms with Crippen molar-refractivity contribution in [3.8, 4) is 0 Å². The molecule has 4 heteroatoms. The van der Waals surface area contributed by atoms with Gasteiger partial charge in [0.1, 0.15) is 0 Å². The van der Waals surface area contributed by atoms with Crippen LogP contribution in [0.15, 0.2) is 10.6 Å². The Hall–Kier alpha value is -1.32. The lowest BCUT2D eigenvalue weighted by atomic mass is 9.88. The topological polar surface area (TPSA) is 55.1 Å². The van der Waals surface area contributed by atoms with Gasteiger partial charge in [0.05, 0.1) is 5.69 Å². The summed E-state index contributed by atoms with van der Waals surface area (Å²) in [4.78, 5) is 11.7. The standard InChI is InChI=1S/C11H18N2O2/c1-7-6-9(15-13-7)10(14)12-8(2)11(3,4)5/h6,8H,1-5H3,(H,12,14). The number of aromatic nitrogens is 1. The van der Waals surface area contributed by atoms with Crippen molar-refractivity contribution in [2.75, 3.05) is 0 Å². The summed E-state index contributed by atoms with van der Waals surface area (Å²) in [5.41, 5.74) is 0.744. The van der Waals surface area contributed by atoms with Gasteiger partial charge in [0, 0.05) is 12.1 Å². The van der Waals surface area contributed by atoms with Crippen molar-refractivity contribution in [2.45, 2.75) is 40.7 Å². The quantitative estimate of drug-likeness (QED) is 0.813. The van der Waals surface area contributed by atoms with E-state index in [1.165, 1.54) is 0 Å². The van der Waals surface area contributed by atoms with Crippen LogP contribution in [0.4, 0.5) is 0 Å². The third-order valence-corrected chi connectivity index (χ3v) is 2.50. The highest BCUT2D eigenvalue weighted by Crippen LogP contribution is 2.18. The fraction of sp³-hybridized carbons (Fsp3) is 0.636. The Morgan fingerprint density at radius 3 is 2.53 bits per heavy atom. The van der Waals surface area contributed by atoms with Crippen LogP contribution in [0.1, 0.15) is 43.9 Å². The summed E-state index contributed by atoms with van der Waals surface area (Å²) in [5, 5.41) is 6.55. The van der Waals surface area contributed by atoms with Crippen molar-refractivity contribution in [2.24, 2.45) is 5.41 Å². The van der Waals surface area contributed by atoms with Crippen LogP contribution in [0.5, 0.6) is 0 Å². The first-order valence-electron chi connectivity index (χ1n) is 5.05. The molecule has 0 saturated heterocycles. The van der Waals surface area contributed by atoms with Gasteiger partial charge in [-0.3, -0.25) is 4.79 Å². The molecule has 0 aliphatic heterocycles. The summed E-state index contributed by atoms with van der Waals surface area (Å²) in [6.45, 7) is 9.98. The van der Waals surface area contributed by atoms with Crippen LogP contribution in [0.2, 0.25) is 0 Å². The lowest BCUT2D eigenvalue weighted by Crippen LogP contribution is -2.41. The van der Waals surface area contributed by atoms with Gasteiger partial charge in [-0.1, -0.05) is 25.9 Å². The fourth-order valence-corrected chi connectivity index (χ4v) is 0.955. The molecule has 1 atom stereocenters. The maximum Gasteiger partial charge on any atom is 0.290 e. The van der Waals surface area contributed by atoms with E-state index in [0.717, 1.165) is 0 Å². The Kier molecular flexibility index (Phi) is 3.17. The molecule has 1 heterocycles. The number of aryl methyl sites for hydroxylation is 1. The molecule has 15 heavy (non-hydrogen) atoms. The monoisotopic (exact) mass is 210 g/mol. The van der Waals surface area contributed by atoms with Crippen LogP contribution < -0.4 is 5.32 Å². The first-order valence-corrected chi connectivity index (χ1v) is 5.05. The molecule has 1 N–H and O–H groups in total. The van der Waals surface area contributed by atoms with Crippen LogP contribution in [0, 0.1) is 12.3 Å². The zero-order valence-electron chi connectivity index (χ0n) is 9.92. The number of carbonyl (C=O) groups is 1. The van der Waals surface area contributed by atoms with Crippen molar-refractivity contribution in [3.63, 3.8) is 0 Å². The second kappa shape index (κ2) is 4.04. The molecule has 0 bridgehead atoms. The number of rotatable bonds is 2. The molecule has 0 spiro atoms. The van der Waals surface area contributed by atoms with Crippen LogP contribution in [0.3, 0.4) is 0 Å². The van der Waals surface area contributed by atoms with Crippen molar-refractivity contribution in [1.82, 2.24) is 10.5 Å². The van der Waals surface area contributed by atoms with Crippen molar-refractivity contribution in [3.05, 3.63) is 17.5 Å². The average molecular weight is 210 g/mol. The minimum Gasteiger partial charge on any atom is -0.351 e. The molecule has 84 valence electrons. The van der Waals surface area contributed by atoms with Crippen LogP contribution >= 0.6 is 0 Å². The molecular formula is C11H18N2O2. The average Bonchev–Trinajstić information content (AvgIpc) is 2.50. The summed E-state index contributed by atoms with van der Waals surface area (Å²) < 4.78 is 4.88. The van der Waals surface area contributed by atoms with E-state index in [0.29, 0.717) is 5.69 Å². The minimum atomic E-state index is -0.210. The predicted molar refractivity (Wildman–Crippen MR) is 57.6 cm³/mol. The third kappa shape index (κ3) is 3.08. The summed E-state index contributed by atoms with van der Waals surface area (Å²) in [5.74, 6) is 0.0571. The van der Waals surface area contributed by atoms with E-state index in [1.807, 2.05) is 6.92 Å². The second-order valence-corrected chi connectivity index (χ2v) is 4.89. The highest BCUT2D eigenvalue weighted by Gasteiger charge is 2.23. The van der Waals surface area contributed by atoms with E-state index < -0.39 is 0 Å². The van der Waals surface area contributed by atoms with Crippen molar-refractivity contribution in [1.29, 1.82) is 0 Å². The summed E-state index contributed by atoms with van der Waals surface area (Å²) in [6, 6.07) is 1.71. The molecule has 4 nitrogen and oxygen atoms in total. The number of nitrogens with zero attached hydrogens (tertiary/aromatic N) is 1. The Morgan fingerprint density at radius 2 is 2.13 bits per heavy atom. The number of hydrogen-bond acceptors (Lipinski definition) is 3. The van der Waals surface area contributed by atoms with E-state index in [2.05, 4.69) is 31.2 Å². The molecule has 0 fully saturated rings. The maximum atomic E-state index is 11.7. The molecule has 1 rings (SSSR count). The summed E-state index contributed by atoms with van der Waals surface area (Å²) in [6.07, 6.45) is 0. The zero-order valence-corrected chi connectivity index (χ0v) is 9.92. The molecule has 0 aromatic carbocycles. The highest BCUT2D eigenvalue weighted by molar-refractivity contribution is 5.91. The van der Waals surface area contributed by atoms with Gasteiger partial charge in [0.15, 0.2) is 0 Å². The van der Waals surface area contributed by atoms with E-state index in [9.17, 15) is 4.79 Å². The molecule has 0 aliphatic carbocycles. The Bertz CT molecular complexity index is 350.